The second kappa shape index (κ2) is 8.45. The molecule has 1 saturated heterocycles. The van der Waals surface area contributed by atoms with Crippen LogP contribution in [0.4, 0.5) is 4.39 Å². The van der Waals surface area contributed by atoms with Crippen LogP contribution in [0.2, 0.25) is 0 Å². The van der Waals surface area contributed by atoms with Gasteiger partial charge in [-0.1, -0.05) is 12.1 Å². The lowest BCUT2D eigenvalue weighted by atomic mass is 10.1. The molecule has 0 unspecified atom stereocenters. The van der Waals surface area contributed by atoms with Gasteiger partial charge in [0, 0.05) is 44.5 Å². The normalized spacial score (nSPS) is 16.4. The van der Waals surface area contributed by atoms with E-state index < -0.39 is 0 Å². The van der Waals surface area contributed by atoms with Crippen LogP contribution < -0.4 is 10.1 Å². The van der Waals surface area contributed by atoms with Crippen molar-refractivity contribution in [3.63, 3.8) is 0 Å². The number of hydrogen-bond acceptors (Lipinski definition) is 4. The Morgan fingerprint density at radius 2 is 2.14 bits per heavy atom. The molecule has 2 heterocycles. The molecule has 2 aromatic carbocycles. The first-order valence-corrected chi connectivity index (χ1v) is 9.55. The van der Waals surface area contributed by atoms with Crippen LogP contribution in [-0.2, 0) is 17.9 Å². The molecule has 0 spiro atoms. The summed E-state index contributed by atoms with van der Waals surface area (Å²) in [5, 5.41) is 7.79. The summed E-state index contributed by atoms with van der Waals surface area (Å²) >= 11 is 0. The van der Waals surface area contributed by atoms with Crippen LogP contribution >= 0.6 is 0 Å². The predicted octanol–water partition coefficient (Wildman–Crippen LogP) is 2.91. The van der Waals surface area contributed by atoms with E-state index in [1.807, 2.05) is 41.2 Å². The Morgan fingerprint density at radius 1 is 1.24 bits per heavy atom. The minimum atomic E-state index is -0.284. The first-order chi connectivity index (χ1) is 14.1. The number of rotatable bonds is 7. The molecule has 0 bridgehead atoms. The molecule has 7 heteroatoms. The highest BCUT2D eigenvalue weighted by Crippen LogP contribution is 2.22. The highest BCUT2D eigenvalue weighted by molar-refractivity contribution is 5.79. The smallest absolute Gasteiger partial charge is 0.224 e. The molecule has 0 radical (unpaired) electrons. The largest absolute Gasteiger partial charge is 0.497 e. The zero-order valence-corrected chi connectivity index (χ0v) is 16.2. The van der Waals surface area contributed by atoms with Crippen LogP contribution in [0.1, 0.15) is 17.5 Å². The number of nitrogens with one attached hydrogen (secondary N) is 1. The van der Waals surface area contributed by atoms with E-state index in [9.17, 15) is 9.18 Å². The van der Waals surface area contributed by atoms with Gasteiger partial charge in [0.25, 0.3) is 0 Å². The summed E-state index contributed by atoms with van der Waals surface area (Å²) in [5.41, 5.74) is 2.79. The monoisotopic (exact) mass is 394 g/mol. The van der Waals surface area contributed by atoms with E-state index in [-0.39, 0.29) is 17.8 Å². The molecule has 1 aliphatic heterocycles. The summed E-state index contributed by atoms with van der Waals surface area (Å²) < 4.78 is 20.6. The van der Waals surface area contributed by atoms with Gasteiger partial charge in [0.2, 0.25) is 5.91 Å². The Morgan fingerprint density at radius 3 is 2.90 bits per heavy atom. The number of carbonyl (C=O) groups excluding carboxylic acids is 1. The quantitative estimate of drug-likeness (QED) is 0.670. The standard InChI is InChI=1S/C22H23FN4O2/c1-29-20-6-7-21(27-9-3-8-25-27)17(11-20)13-24-19-12-22(28)26(15-19)14-16-4-2-5-18(23)10-16/h2-11,19,24H,12-15H2,1H3/t19-/m0/s1. The molecule has 1 fully saturated rings. The van der Waals surface area contributed by atoms with Crippen molar-refractivity contribution in [2.75, 3.05) is 13.7 Å². The van der Waals surface area contributed by atoms with Gasteiger partial charge in [-0.05, 0) is 47.5 Å². The van der Waals surface area contributed by atoms with Gasteiger partial charge >= 0.3 is 0 Å². The first-order valence-electron chi connectivity index (χ1n) is 9.55. The maximum Gasteiger partial charge on any atom is 0.224 e. The van der Waals surface area contributed by atoms with E-state index in [0.29, 0.717) is 26.1 Å². The molecule has 1 aliphatic rings. The minimum absolute atomic E-state index is 0.0349. The van der Waals surface area contributed by atoms with Crippen LogP contribution in [0.3, 0.4) is 0 Å². The van der Waals surface area contributed by atoms with Gasteiger partial charge in [0.05, 0.1) is 12.8 Å². The van der Waals surface area contributed by atoms with Gasteiger partial charge in [-0.2, -0.15) is 5.10 Å². The Kier molecular flexibility index (Phi) is 5.57. The molecule has 0 aliphatic carbocycles. The van der Waals surface area contributed by atoms with Crippen molar-refractivity contribution in [3.8, 4) is 11.4 Å². The fourth-order valence-electron chi connectivity index (χ4n) is 3.64. The molecule has 0 saturated carbocycles. The van der Waals surface area contributed by atoms with Crippen molar-refractivity contribution >= 4 is 5.91 Å². The zero-order valence-electron chi connectivity index (χ0n) is 16.2. The first kappa shape index (κ1) is 19.1. The number of amides is 1. The van der Waals surface area contributed by atoms with E-state index in [0.717, 1.165) is 22.6 Å². The van der Waals surface area contributed by atoms with Gasteiger partial charge in [0.15, 0.2) is 0 Å². The molecule has 6 nitrogen and oxygen atoms in total. The lowest BCUT2D eigenvalue weighted by Gasteiger charge is -2.18. The maximum absolute atomic E-state index is 13.4. The van der Waals surface area contributed by atoms with Crippen LogP contribution in [0.25, 0.3) is 5.69 Å². The molecule has 1 amide bonds. The van der Waals surface area contributed by atoms with Crippen molar-refractivity contribution in [3.05, 3.63) is 77.9 Å². The Labute approximate surface area is 168 Å². The van der Waals surface area contributed by atoms with Crippen molar-refractivity contribution in [2.24, 2.45) is 0 Å². The summed E-state index contributed by atoms with van der Waals surface area (Å²) in [4.78, 5) is 14.2. The molecule has 4 rings (SSSR count). The number of hydrogen-bond donors (Lipinski definition) is 1. The molecule has 3 aromatic rings. The average Bonchev–Trinajstić information content (AvgIpc) is 3.36. The van der Waals surface area contributed by atoms with E-state index in [1.54, 1.807) is 24.3 Å². The summed E-state index contributed by atoms with van der Waals surface area (Å²) in [6.07, 6.45) is 4.06. The highest BCUT2D eigenvalue weighted by Gasteiger charge is 2.29. The van der Waals surface area contributed by atoms with Crippen LogP contribution in [0.5, 0.6) is 5.75 Å². The number of likely N-dealkylation sites (tertiary alicyclic amines) is 1. The van der Waals surface area contributed by atoms with Crippen molar-refractivity contribution in [2.45, 2.75) is 25.6 Å². The number of halogens is 1. The number of ether oxygens (including phenoxy) is 1. The summed E-state index contributed by atoms with van der Waals surface area (Å²) in [7, 11) is 1.64. The third-order valence-corrected chi connectivity index (χ3v) is 5.10. The number of carbonyl (C=O) groups is 1. The third kappa shape index (κ3) is 4.46. The van der Waals surface area contributed by atoms with Gasteiger partial charge in [0.1, 0.15) is 11.6 Å². The van der Waals surface area contributed by atoms with Crippen LogP contribution in [0.15, 0.2) is 60.9 Å². The molecule has 1 aromatic heterocycles. The van der Waals surface area contributed by atoms with Gasteiger partial charge in [-0.15, -0.1) is 0 Å². The molecule has 150 valence electrons. The molecule has 1 atom stereocenters. The minimum Gasteiger partial charge on any atom is -0.497 e. The van der Waals surface area contributed by atoms with Crippen LogP contribution in [0, 0.1) is 5.82 Å². The third-order valence-electron chi connectivity index (χ3n) is 5.10. The summed E-state index contributed by atoms with van der Waals surface area (Å²) in [5.74, 6) is 0.561. The summed E-state index contributed by atoms with van der Waals surface area (Å²) in [6, 6.07) is 14.1. The van der Waals surface area contributed by atoms with Gasteiger partial charge < -0.3 is 15.0 Å². The number of aromatic nitrogens is 2. The van der Waals surface area contributed by atoms with E-state index in [2.05, 4.69) is 10.4 Å². The van der Waals surface area contributed by atoms with Crippen molar-refractivity contribution in [1.82, 2.24) is 20.0 Å². The Bertz CT molecular complexity index is 990. The average molecular weight is 394 g/mol. The fourth-order valence-corrected chi connectivity index (χ4v) is 3.64. The van der Waals surface area contributed by atoms with Crippen LogP contribution in [-0.4, -0.2) is 40.3 Å². The summed E-state index contributed by atoms with van der Waals surface area (Å²) in [6.45, 7) is 1.60. The molecule has 29 heavy (non-hydrogen) atoms. The van der Waals surface area contributed by atoms with E-state index in [1.165, 1.54) is 12.1 Å². The fraction of sp³-hybridized carbons (Fsp3) is 0.273. The van der Waals surface area contributed by atoms with E-state index in [4.69, 9.17) is 4.74 Å². The Hall–Kier alpha value is -3.19. The number of nitrogens with zero attached hydrogens (tertiary/aromatic N) is 3. The van der Waals surface area contributed by atoms with Crippen molar-refractivity contribution < 1.29 is 13.9 Å². The number of methoxy groups -OCH3 is 1. The van der Waals surface area contributed by atoms with Crippen molar-refractivity contribution in [1.29, 1.82) is 0 Å². The molecule has 1 N–H and O–H groups in total. The molecular weight excluding hydrogens is 371 g/mol. The zero-order chi connectivity index (χ0) is 20.2. The second-order valence-electron chi connectivity index (χ2n) is 7.13. The number of benzene rings is 2. The topological polar surface area (TPSA) is 59.4 Å². The Balaban J connectivity index is 1.42. The van der Waals surface area contributed by atoms with Gasteiger partial charge in [-0.3, -0.25) is 4.79 Å². The lowest BCUT2D eigenvalue weighted by molar-refractivity contribution is -0.128. The second-order valence-corrected chi connectivity index (χ2v) is 7.13. The molecular formula is C22H23FN4O2. The van der Waals surface area contributed by atoms with Gasteiger partial charge in [-0.25, -0.2) is 9.07 Å². The van der Waals surface area contributed by atoms with E-state index >= 15 is 0 Å². The SMILES string of the molecule is COc1ccc(-n2cccn2)c(CN[C@H]2CC(=O)N(Cc3cccc(F)c3)C2)c1. The highest BCUT2D eigenvalue weighted by atomic mass is 19.1. The lowest BCUT2D eigenvalue weighted by Crippen LogP contribution is -2.32. The predicted molar refractivity (Wildman–Crippen MR) is 107 cm³/mol. The maximum atomic E-state index is 13.4.